The molecule has 0 aromatic heterocycles. The van der Waals surface area contributed by atoms with Crippen LogP contribution in [-0.2, 0) is 4.74 Å². The number of ether oxygens (including phenoxy) is 1. The van der Waals surface area contributed by atoms with Crippen LogP contribution >= 0.6 is 24.0 Å². The summed E-state index contributed by atoms with van der Waals surface area (Å²) in [6.07, 6.45) is 3.81. The third kappa shape index (κ3) is 8.43. The minimum Gasteiger partial charge on any atom is -0.381 e. The molecular weight excluding hydrogens is 427 g/mol. The van der Waals surface area contributed by atoms with Gasteiger partial charge in [-0.3, -0.25) is 4.99 Å². The number of nitrogens with one attached hydrogen (secondary N) is 1. The molecule has 0 bridgehead atoms. The average Bonchev–Trinajstić information content (AvgIpc) is 3.04. The third-order valence-corrected chi connectivity index (χ3v) is 4.98. The number of aliphatic imine (C=N–C) groups is 1. The number of nitrogens with zero attached hydrogens (tertiary/aromatic N) is 3. The fourth-order valence-corrected chi connectivity index (χ4v) is 3.87. The highest BCUT2D eigenvalue weighted by Gasteiger charge is 2.22. The first-order valence-electron chi connectivity index (χ1n) is 9.88. The van der Waals surface area contributed by atoms with Gasteiger partial charge in [0, 0.05) is 52.3 Å². The second-order valence-corrected chi connectivity index (χ2v) is 7.97. The summed E-state index contributed by atoms with van der Waals surface area (Å²) < 4.78 is 5.50. The van der Waals surface area contributed by atoms with E-state index in [1.165, 1.54) is 38.9 Å². The van der Waals surface area contributed by atoms with Crippen LogP contribution in [0.15, 0.2) is 4.99 Å². The van der Waals surface area contributed by atoms with Crippen LogP contribution in [0.4, 0.5) is 0 Å². The summed E-state index contributed by atoms with van der Waals surface area (Å²) in [7, 11) is 2.16. The normalized spacial score (nSPS) is 25.1. The zero-order valence-electron chi connectivity index (χ0n) is 16.7. The Balaban J connectivity index is 0.00000312. The Morgan fingerprint density at radius 1 is 1.32 bits per heavy atom. The molecule has 25 heavy (non-hydrogen) atoms. The van der Waals surface area contributed by atoms with Gasteiger partial charge in [-0.2, -0.15) is 0 Å². The summed E-state index contributed by atoms with van der Waals surface area (Å²) in [5, 5.41) is 3.46. The van der Waals surface area contributed by atoms with Crippen molar-refractivity contribution < 1.29 is 4.74 Å². The Hall–Kier alpha value is -0.0800. The lowest BCUT2D eigenvalue weighted by Crippen LogP contribution is -2.42. The SMILES string of the molecule is CCNC(=NCC1CCCN(CC(C)C)C1)N(C)CC1CCOC1.I. The molecule has 0 aromatic carbocycles. The number of likely N-dealkylation sites (tertiary alicyclic amines) is 1. The van der Waals surface area contributed by atoms with Crippen molar-refractivity contribution in [3.63, 3.8) is 0 Å². The van der Waals surface area contributed by atoms with Crippen LogP contribution in [0.2, 0.25) is 0 Å². The quantitative estimate of drug-likeness (QED) is 0.356. The third-order valence-electron chi connectivity index (χ3n) is 4.98. The zero-order valence-corrected chi connectivity index (χ0v) is 19.0. The molecule has 2 heterocycles. The Kier molecular flexibility index (Phi) is 11.3. The van der Waals surface area contributed by atoms with Crippen molar-refractivity contribution in [1.82, 2.24) is 15.1 Å². The van der Waals surface area contributed by atoms with E-state index < -0.39 is 0 Å². The van der Waals surface area contributed by atoms with Crippen LogP contribution in [0.1, 0.15) is 40.0 Å². The Morgan fingerprint density at radius 3 is 2.76 bits per heavy atom. The van der Waals surface area contributed by atoms with E-state index in [1.807, 2.05) is 0 Å². The fraction of sp³-hybridized carbons (Fsp3) is 0.947. The molecule has 0 aromatic rings. The van der Waals surface area contributed by atoms with Gasteiger partial charge in [0.05, 0.1) is 6.61 Å². The number of rotatable bonds is 7. The minimum absolute atomic E-state index is 0. The van der Waals surface area contributed by atoms with E-state index in [2.05, 4.69) is 42.9 Å². The molecule has 1 N–H and O–H groups in total. The predicted molar refractivity (Wildman–Crippen MR) is 117 cm³/mol. The molecule has 0 radical (unpaired) electrons. The molecule has 2 atom stereocenters. The lowest BCUT2D eigenvalue weighted by Gasteiger charge is -2.33. The predicted octanol–water partition coefficient (Wildman–Crippen LogP) is 2.91. The molecule has 2 saturated heterocycles. The van der Waals surface area contributed by atoms with Crippen LogP contribution in [0.25, 0.3) is 0 Å². The lowest BCUT2D eigenvalue weighted by atomic mass is 9.97. The lowest BCUT2D eigenvalue weighted by molar-refractivity contribution is 0.161. The van der Waals surface area contributed by atoms with Crippen molar-refractivity contribution in [3.8, 4) is 0 Å². The van der Waals surface area contributed by atoms with E-state index in [9.17, 15) is 0 Å². The van der Waals surface area contributed by atoms with Crippen LogP contribution in [0.5, 0.6) is 0 Å². The summed E-state index contributed by atoms with van der Waals surface area (Å²) in [4.78, 5) is 9.87. The van der Waals surface area contributed by atoms with Gasteiger partial charge in [-0.1, -0.05) is 13.8 Å². The highest BCUT2D eigenvalue weighted by molar-refractivity contribution is 14.0. The van der Waals surface area contributed by atoms with Crippen molar-refractivity contribution in [2.75, 3.05) is 59.5 Å². The van der Waals surface area contributed by atoms with Crippen molar-refractivity contribution in [2.24, 2.45) is 22.7 Å². The van der Waals surface area contributed by atoms with Crippen molar-refractivity contribution in [1.29, 1.82) is 0 Å². The van der Waals surface area contributed by atoms with Crippen molar-refractivity contribution >= 4 is 29.9 Å². The molecule has 0 spiro atoms. The van der Waals surface area contributed by atoms with Gasteiger partial charge in [0.15, 0.2) is 5.96 Å². The van der Waals surface area contributed by atoms with Crippen LogP contribution in [-0.4, -0.2) is 75.3 Å². The average molecular weight is 466 g/mol. The first kappa shape index (κ1) is 23.0. The molecule has 0 amide bonds. The Morgan fingerprint density at radius 2 is 2.12 bits per heavy atom. The molecule has 6 heteroatoms. The number of hydrogen-bond donors (Lipinski definition) is 1. The standard InChI is InChI=1S/C19H38N4O.HI/c1-5-20-19(22(4)13-18-8-10-24-15-18)21-11-17-7-6-9-23(14-17)12-16(2)3;/h16-18H,5-15H2,1-4H3,(H,20,21);1H. The van der Waals surface area contributed by atoms with E-state index in [4.69, 9.17) is 9.73 Å². The largest absolute Gasteiger partial charge is 0.381 e. The van der Waals surface area contributed by atoms with Gasteiger partial charge in [-0.05, 0) is 44.6 Å². The Labute approximate surface area is 172 Å². The summed E-state index contributed by atoms with van der Waals surface area (Å²) in [5.41, 5.74) is 0. The number of guanidine groups is 1. The topological polar surface area (TPSA) is 40.1 Å². The molecule has 2 unspecified atom stereocenters. The van der Waals surface area contributed by atoms with Gasteiger partial charge in [-0.25, -0.2) is 0 Å². The van der Waals surface area contributed by atoms with E-state index in [0.717, 1.165) is 44.7 Å². The molecule has 5 nitrogen and oxygen atoms in total. The molecule has 0 saturated carbocycles. The monoisotopic (exact) mass is 466 g/mol. The molecule has 2 fully saturated rings. The fourth-order valence-electron chi connectivity index (χ4n) is 3.87. The highest BCUT2D eigenvalue weighted by Crippen LogP contribution is 2.18. The Bertz CT molecular complexity index is 386. The highest BCUT2D eigenvalue weighted by atomic mass is 127. The van der Waals surface area contributed by atoms with Gasteiger partial charge in [0.2, 0.25) is 0 Å². The number of piperidine rings is 1. The van der Waals surface area contributed by atoms with Gasteiger partial charge in [-0.15, -0.1) is 24.0 Å². The van der Waals surface area contributed by atoms with E-state index in [1.54, 1.807) is 0 Å². The van der Waals surface area contributed by atoms with Crippen LogP contribution in [0.3, 0.4) is 0 Å². The molecular formula is C19H39IN4O. The summed E-state index contributed by atoms with van der Waals surface area (Å²) in [6.45, 7) is 15.2. The summed E-state index contributed by atoms with van der Waals surface area (Å²) >= 11 is 0. The molecule has 0 aliphatic carbocycles. The van der Waals surface area contributed by atoms with Gasteiger partial charge in [0.1, 0.15) is 0 Å². The second-order valence-electron chi connectivity index (χ2n) is 7.97. The first-order valence-corrected chi connectivity index (χ1v) is 9.88. The maximum atomic E-state index is 5.50. The number of hydrogen-bond acceptors (Lipinski definition) is 3. The van der Waals surface area contributed by atoms with Crippen LogP contribution < -0.4 is 5.32 Å². The maximum absolute atomic E-state index is 5.50. The van der Waals surface area contributed by atoms with Gasteiger partial charge >= 0.3 is 0 Å². The molecule has 148 valence electrons. The smallest absolute Gasteiger partial charge is 0.193 e. The minimum atomic E-state index is 0. The van der Waals surface area contributed by atoms with Crippen molar-refractivity contribution in [2.45, 2.75) is 40.0 Å². The van der Waals surface area contributed by atoms with Crippen molar-refractivity contribution in [3.05, 3.63) is 0 Å². The van der Waals surface area contributed by atoms with E-state index in [0.29, 0.717) is 11.8 Å². The molecule has 2 rings (SSSR count). The number of halogens is 1. The van der Waals surface area contributed by atoms with Crippen LogP contribution in [0, 0.1) is 17.8 Å². The zero-order chi connectivity index (χ0) is 17.4. The van der Waals surface area contributed by atoms with E-state index >= 15 is 0 Å². The first-order chi connectivity index (χ1) is 11.6. The summed E-state index contributed by atoms with van der Waals surface area (Å²) in [5.74, 6) is 3.17. The van der Waals surface area contributed by atoms with Gasteiger partial charge in [0.25, 0.3) is 0 Å². The van der Waals surface area contributed by atoms with Gasteiger partial charge < -0.3 is 19.9 Å². The van der Waals surface area contributed by atoms with E-state index in [-0.39, 0.29) is 24.0 Å². The summed E-state index contributed by atoms with van der Waals surface area (Å²) in [6, 6.07) is 0. The molecule has 2 aliphatic rings. The maximum Gasteiger partial charge on any atom is 0.193 e. The second kappa shape index (κ2) is 12.3. The molecule has 2 aliphatic heterocycles.